The minimum absolute atomic E-state index is 0.289. The van der Waals surface area contributed by atoms with Crippen molar-refractivity contribution in [3.05, 3.63) is 0 Å². The van der Waals surface area contributed by atoms with Crippen LogP contribution in [0.2, 0.25) is 0 Å². The fraction of sp³-hybridized carbons (Fsp3) is 1.00. The monoisotopic (exact) mass is 215 g/mol. The largest absolute Gasteiger partial charge is 0.382 e. The molecule has 4 unspecified atom stereocenters. The molecule has 0 aromatic carbocycles. The summed E-state index contributed by atoms with van der Waals surface area (Å²) in [6.07, 6.45) is 1.80. The van der Waals surface area contributed by atoms with E-state index in [1.165, 1.54) is 0 Å². The van der Waals surface area contributed by atoms with E-state index in [0.717, 1.165) is 26.1 Å². The molecule has 0 saturated carbocycles. The van der Waals surface area contributed by atoms with Crippen LogP contribution in [-0.2, 0) is 9.47 Å². The van der Waals surface area contributed by atoms with E-state index in [9.17, 15) is 0 Å². The highest BCUT2D eigenvalue weighted by molar-refractivity contribution is 4.85. The summed E-state index contributed by atoms with van der Waals surface area (Å²) in [6.45, 7) is 9.51. The standard InChI is InChI=1S/C12H25NO2/c1-5-13-7-6-11-9(2)10(3)12(15-11)8-14-4/h9-13H,5-8H2,1-4H3. The average Bonchev–Trinajstić information content (AvgIpc) is 2.48. The molecule has 3 heteroatoms. The molecule has 1 saturated heterocycles. The third-order valence-corrected chi connectivity index (χ3v) is 3.54. The lowest BCUT2D eigenvalue weighted by Gasteiger charge is -2.15. The average molecular weight is 215 g/mol. The first-order valence-electron chi connectivity index (χ1n) is 6.05. The van der Waals surface area contributed by atoms with Crippen LogP contribution >= 0.6 is 0 Å². The molecule has 0 aromatic rings. The number of hydrogen-bond donors (Lipinski definition) is 1. The van der Waals surface area contributed by atoms with E-state index in [0.29, 0.717) is 17.9 Å². The van der Waals surface area contributed by atoms with Gasteiger partial charge in [-0.25, -0.2) is 0 Å². The molecular weight excluding hydrogens is 190 g/mol. The van der Waals surface area contributed by atoms with Gasteiger partial charge in [-0.1, -0.05) is 20.8 Å². The zero-order valence-corrected chi connectivity index (χ0v) is 10.5. The van der Waals surface area contributed by atoms with Crippen molar-refractivity contribution >= 4 is 0 Å². The van der Waals surface area contributed by atoms with E-state index in [-0.39, 0.29) is 6.10 Å². The van der Waals surface area contributed by atoms with E-state index in [1.807, 2.05) is 0 Å². The molecule has 1 aliphatic heterocycles. The van der Waals surface area contributed by atoms with Gasteiger partial charge in [-0.15, -0.1) is 0 Å². The second-order valence-electron chi connectivity index (χ2n) is 4.53. The van der Waals surface area contributed by atoms with Crippen molar-refractivity contribution in [2.45, 2.75) is 39.4 Å². The highest BCUT2D eigenvalue weighted by atomic mass is 16.5. The zero-order chi connectivity index (χ0) is 11.3. The van der Waals surface area contributed by atoms with Crippen LogP contribution < -0.4 is 5.32 Å². The van der Waals surface area contributed by atoms with E-state index in [4.69, 9.17) is 9.47 Å². The second kappa shape index (κ2) is 6.46. The Balaban J connectivity index is 2.33. The molecule has 1 heterocycles. The Kier molecular flexibility index (Phi) is 5.58. The summed E-state index contributed by atoms with van der Waals surface area (Å²) < 4.78 is 11.2. The van der Waals surface area contributed by atoms with Gasteiger partial charge in [-0.05, 0) is 31.3 Å². The van der Waals surface area contributed by atoms with Crippen LogP contribution in [0.25, 0.3) is 0 Å². The number of ether oxygens (including phenoxy) is 2. The van der Waals surface area contributed by atoms with Crippen LogP contribution in [0.4, 0.5) is 0 Å². The summed E-state index contributed by atoms with van der Waals surface area (Å²) in [4.78, 5) is 0. The van der Waals surface area contributed by atoms with Gasteiger partial charge in [0.05, 0.1) is 18.8 Å². The Morgan fingerprint density at radius 1 is 1.20 bits per heavy atom. The summed E-state index contributed by atoms with van der Waals surface area (Å²) >= 11 is 0. The third kappa shape index (κ3) is 3.44. The molecule has 0 aromatic heterocycles. The Labute approximate surface area is 93.5 Å². The predicted molar refractivity (Wildman–Crippen MR) is 62.0 cm³/mol. The van der Waals surface area contributed by atoms with Crippen LogP contribution in [0.3, 0.4) is 0 Å². The summed E-state index contributed by atoms with van der Waals surface area (Å²) in [5.41, 5.74) is 0. The van der Waals surface area contributed by atoms with Crippen LogP contribution in [0.5, 0.6) is 0 Å². The van der Waals surface area contributed by atoms with Crippen LogP contribution in [0, 0.1) is 11.8 Å². The molecule has 1 aliphatic rings. The molecule has 0 spiro atoms. The van der Waals surface area contributed by atoms with Gasteiger partial charge >= 0.3 is 0 Å². The third-order valence-electron chi connectivity index (χ3n) is 3.54. The maximum absolute atomic E-state index is 6.01. The normalized spacial score (nSPS) is 36.0. The predicted octanol–water partition coefficient (Wildman–Crippen LogP) is 1.67. The minimum Gasteiger partial charge on any atom is -0.382 e. The van der Waals surface area contributed by atoms with Gasteiger partial charge in [0.1, 0.15) is 0 Å². The Hall–Kier alpha value is -0.120. The van der Waals surface area contributed by atoms with Gasteiger partial charge in [-0.2, -0.15) is 0 Å². The van der Waals surface area contributed by atoms with E-state index < -0.39 is 0 Å². The van der Waals surface area contributed by atoms with E-state index in [1.54, 1.807) is 7.11 Å². The van der Waals surface area contributed by atoms with Crippen molar-refractivity contribution < 1.29 is 9.47 Å². The SMILES string of the molecule is CCNCCC1OC(COC)C(C)C1C. The minimum atomic E-state index is 0.289. The first-order chi connectivity index (χ1) is 7.20. The highest BCUT2D eigenvalue weighted by Crippen LogP contribution is 2.33. The molecule has 3 nitrogen and oxygen atoms in total. The molecule has 0 aliphatic carbocycles. The number of nitrogens with one attached hydrogen (secondary N) is 1. The van der Waals surface area contributed by atoms with Crippen molar-refractivity contribution in [2.75, 3.05) is 26.8 Å². The second-order valence-corrected chi connectivity index (χ2v) is 4.53. The summed E-state index contributed by atoms with van der Waals surface area (Å²) in [5.74, 6) is 1.25. The van der Waals surface area contributed by atoms with Gasteiger partial charge in [0.15, 0.2) is 0 Å². The van der Waals surface area contributed by atoms with Crippen molar-refractivity contribution in [3.63, 3.8) is 0 Å². The molecule has 0 bridgehead atoms. The Morgan fingerprint density at radius 3 is 2.47 bits per heavy atom. The molecule has 0 amide bonds. The quantitative estimate of drug-likeness (QED) is 0.684. The van der Waals surface area contributed by atoms with E-state index in [2.05, 4.69) is 26.1 Å². The molecule has 1 rings (SSSR count). The fourth-order valence-electron chi connectivity index (χ4n) is 2.26. The fourth-order valence-corrected chi connectivity index (χ4v) is 2.26. The molecule has 4 atom stereocenters. The van der Waals surface area contributed by atoms with E-state index >= 15 is 0 Å². The Morgan fingerprint density at radius 2 is 1.87 bits per heavy atom. The first kappa shape index (κ1) is 12.9. The first-order valence-corrected chi connectivity index (χ1v) is 6.05. The number of hydrogen-bond acceptors (Lipinski definition) is 3. The number of rotatable bonds is 6. The topological polar surface area (TPSA) is 30.5 Å². The van der Waals surface area contributed by atoms with Crippen molar-refractivity contribution in [1.29, 1.82) is 0 Å². The van der Waals surface area contributed by atoms with Crippen LogP contribution in [0.1, 0.15) is 27.2 Å². The lowest BCUT2D eigenvalue weighted by atomic mass is 9.89. The smallest absolute Gasteiger partial charge is 0.0841 e. The van der Waals surface area contributed by atoms with Gasteiger partial charge < -0.3 is 14.8 Å². The van der Waals surface area contributed by atoms with Gasteiger partial charge in [0.2, 0.25) is 0 Å². The number of methoxy groups -OCH3 is 1. The van der Waals surface area contributed by atoms with Crippen molar-refractivity contribution in [3.8, 4) is 0 Å². The lowest BCUT2D eigenvalue weighted by Crippen LogP contribution is -2.23. The maximum Gasteiger partial charge on any atom is 0.0841 e. The molecule has 1 N–H and O–H groups in total. The molecular formula is C12H25NO2. The molecule has 1 fully saturated rings. The Bertz CT molecular complexity index is 175. The molecule has 90 valence electrons. The van der Waals surface area contributed by atoms with Gasteiger partial charge in [0, 0.05) is 7.11 Å². The summed E-state index contributed by atoms with van der Waals surface area (Å²) in [6, 6.07) is 0. The van der Waals surface area contributed by atoms with Crippen LogP contribution in [-0.4, -0.2) is 39.0 Å². The zero-order valence-electron chi connectivity index (χ0n) is 10.5. The van der Waals surface area contributed by atoms with Crippen molar-refractivity contribution in [1.82, 2.24) is 5.32 Å². The van der Waals surface area contributed by atoms with Crippen LogP contribution in [0.15, 0.2) is 0 Å². The summed E-state index contributed by atoms with van der Waals surface area (Å²) in [7, 11) is 1.74. The lowest BCUT2D eigenvalue weighted by molar-refractivity contribution is -0.0157. The van der Waals surface area contributed by atoms with Crippen molar-refractivity contribution in [2.24, 2.45) is 11.8 Å². The van der Waals surface area contributed by atoms with Gasteiger partial charge in [0.25, 0.3) is 0 Å². The highest BCUT2D eigenvalue weighted by Gasteiger charge is 2.38. The molecule has 0 radical (unpaired) electrons. The van der Waals surface area contributed by atoms with Gasteiger partial charge in [-0.3, -0.25) is 0 Å². The molecule has 15 heavy (non-hydrogen) atoms. The maximum atomic E-state index is 6.01. The summed E-state index contributed by atoms with van der Waals surface area (Å²) in [5, 5.41) is 3.35.